The van der Waals surface area contributed by atoms with Crippen LogP contribution in [0.25, 0.3) is 0 Å². The van der Waals surface area contributed by atoms with Crippen LogP contribution in [0.2, 0.25) is 0 Å². The Balaban J connectivity index is 2.01. The Morgan fingerprint density at radius 2 is 2.11 bits per heavy atom. The molecule has 0 bridgehead atoms. The highest BCUT2D eigenvalue weighted by Crippen LogP contribution is 2.10. The van der Waals surface area contributed by atoms with Crippen LogP contribution in [0.15, 0.2) is 41.8 Å². The number of carbonyl (C=O) groups is 1. The van der Waals surface area contributed by atoms with E-state index in [1.54, 1.807) is 0 Å². The first-order valence-corrected chi connectivity index (χ1v) is 6.14. The molecular weight excluding hydrogens is 264 g/mol. The molecule has 19 heavy (non-hydrogen) atoms. The van der Waals surface area contributed by atoms with Crippen LogP contribution in [-0.4, -0.2) is 24.7 Å². The Hall–Kier alpha value is -2.08. The van der Waals surface area contributed by atoms with Crippen molar-refractivity contribution in [3.63, 3.8) is 0 Å². The van der Waals surface area contributed by atoms with Crippen molar-refractivity contribution in [2.45, 2.75) is 6.61 Å². The summed E-state index contributed by atoms with van der Waals surface area (Å²) in [5.41, 5.74) is 1.33. The quantitative estimate of drug-likeness (QED) is 0.634. The molecule has 0 atom stereocenters. The fourth-order valence-electron chi connectivity index (χ4n) is 1.62. The van der Waals surface area contributed by atoms with Crippen LogP contribution in [0.5, 0.6) is 0 Å². The predicted octanol–water partition coefficient (Wildman–Crippen LogP) is 1.07. The molecule has 6 heteroatoms. The molecule has 100 valence electrons. The Labute approximate surface area is 116 Å². The van der Waals surface area contributed by atoms with E-state index >= 15 is 0 Å². The third-order valence-corrected chi connectivity index (χ3v) is 2.84. The van der Waals surface area contributed by atoms with Gasteiger partial charge in [-0.25, -0.2) is 4.79 Å². The predicted molar refractivity (Wildman–Crippen MR) is 74.0 cm³/mol. The summed E-state index contributed by atoms with van der Waals surface area (Å²) in [7, 11) is 1.47. The molecule has 0 saturated heterocycles. The maximum atomic E-state index is 12.0. The topological polar surface area (TPSA) is 59.6 Å². The van der Waals surface area contributed by atoms with Crippen molar-refractivity contribution in [1.82, 2.24) is 10.6 Å². The Bertz CT molecular complexity index is 514. The zero-order valence-corrected chi connectivity index (χ0v) is 11.3. The molecule has 0 aliphatic carbocycles. The molecule has 2 rings (SSSR count). The summed E-state index contributed by atoms with van der Waals surface area (Å²) in [6.45, 7) is 0.521. The molecule has 0 fully saturated rings. The summed E-state index contributed by atoms with van der Waals surface area (Å²) in [4.78, 5) is 12.0. The molecule has 1 aromatic carbocycles. The molecule has 1 aliphatic rings. The van der Waals surface area contributed by atoms with Gasteiger partial charge in [-0.05, 0) is 17.8 Å². The number of ether oxygens (including phenoxy) is 2. The lowest BCUT2D eigenvalue weighted by Gasteiger charge is -2.21. The number of rotatable bonds is 4. The van der Waals surface area contributed by atoms with Gasteiger partial charge in [-0.3, -0.25) is 0 Å². The number of benzene rings is 1. The highest BCUT2D eigenvalue weighted by atomic mass is 32.1. The largest absolute Gasteiger partial charge is 0.482 e. The SMILES string of the molecule is COC1=C(C(=O)OCc2ccccc2)CNC(=S)N1. The van der Waals surface area contributed by atoms with E-state index in [2.05, 4.69) is 10.6 Å². The van der Waals surface area contributed by atoms with Crippen LogP contribution in [0, 0.1) is 0 Å². The minimum atomic E-state index is -0.428. The first-order chi connectivity index (χ1) is 9.20. The van der Waals surface area contributed by atoms with Crippen LogP contribution < -0.4 is 10.6 Å². The average molecular weight is 278 g/mol. The van der Waals surface area contributed by atoms with Gasteiger partial charge >= 0.3 is 5.97 Å². The number of hydrogen-bond donors (Lipinski definition) is 2. The van der Waals surface area contributed by atoms with Gasteiger partial charge in [0.05, 0.1) is 13.7 Å². The lowest BCUT2D eigenvalue weighted by Crippen LogP contribution is -2.44. The fourth-order valence-corrected chi connectivity index (χ4v) is 1.79. The van der Waals surface area contributed by atoms with E-state index < -0.39 is 5.97 Å². The molecule has 1 aliphatic heterocycles. The molecule has 0 amide bonds. The smallest absolute Gasteiger partial charge is 0.341 e. The van der Waals surface area contributed by atoms with Crippen LogP contribution in [-0.2, 0) is 20.9 Å². The minimum absolute atomic E-state index is 0.227. The van der Waals surface area contributed by atoms with E-state index in [9.17, 15) is 4.79 Å². The zero-order chi connectivity index (χ0) is 13.7. The second-order valence-corrected chi connectivity index (χ2v) is 4.29. The summed E-state index contributed by atoms with van der Waals surface area (Å²) in [5, 5.41) is 6.06. The molecule has 0 saturated carbocycles. The highest BCUT2D eigenvalue weighted by Gasteiger charge is 2.23. The van der Waals surface area contributed by atoms with E-state index in [4.69, 9.17) is 21.7 Å². The van der Waals surface area contributed by atoms with E-state index in [0.29, 0.717) is 23.1 Å². The normalized spacial score (nSPS) is 14.5. The van der Waals surface area contributed by atoms with Gasteiger partial charge in [0.1, 0.15) is 12.2 Å². The molecule has 0 radical (unpaired) electrons. The lowest BCUT2D eigenvalue weighted by molar-refractivity contribution is -0.140. The standard InChI is InChI=1S/C13H14N2O3S/c1-17-11-10(7-14-13(19)15-11)12(16)18-8-9-5-3-2-4-6-9/h2-6H,7-8H2,1H3,(H2,14,15,19). The first-order valence-electron chi connectivity index (χ1n) is 5.73. The van der Waals surface area contributed by atoms with E-state index in [1.165, 1.54) is 7.11 Å². The van der Waals surface area contributed by atoms with Gasteiger partial charge in [0.25, 0.3) is 0 Å². The number of carbonyl (C=O) groups excluding carboxylic acids is 1. The molecule has 2 N–H and O–H groups in total. The third kappa shape index (κ3) is 3.45. The van der Waals surface area contributed by atoms with Crippen molar-refractivity contribution >= 4 is 23.3 Å². The first kappa shape index (κ1) is 13.4. The summed E-state index contributed by atoms with van der Waals surface area (Å²) in [5.74, 6) is -0.0926. The van der Waals surface area contributed by atoms with Gasteiger partial charge in [0.2, 0.25) is 5.88 Å². The highest BCUT2D eigenvalue weighted by molar-refractivity contribution is 7.80. The zero-order valence-electron chi connectivity index (χ0n) is 10.4. The van der Waals surface area contributed by atoms with Crippen LogP contribution in [0.1, 0.15) is 5.56 Å². The number of methoxy groups -OCH3 is 1. The molecule has 0 spiro atoms. The molecule has 0 aromatic heterocycles. The Morgan fingerprint density at radius 1 is 1.37 bits per heavy atom. The number of esters is 1. The van der Waals surface area contributed by atoms with Gasteiger partial charge in [-0.2, -0.15) is 0 Å². The lowest BCUT2D eigenvalue weighted by atomic mass is 10.2. The van der Waals surface area contributed by atoms with Crippen molar-refractivity contribution in [1.29, 1.82) is 0 Å². The summed E-state index contributed by atoms with van der Waals surface area (Å²) >= 11 is 4.94. The Morgan fingerprint density at radius 3 is 2.79 bits per heavy atom. The van der Waals surface area contributed by atoms with Crippen molar-refractivity contribution < 1.29 is 14.3 Å². The third-order valence-electron chi connectivity index (χ3n) is 2.59. The second kappa shape index (κ2) is 6.19. The van der Waals surface area contributed by atoms with Gasteiger partial charge in [-0.15, -0.1) is 0 Å². The van der Waals surface area contributed by atoms with Crippen molar-refractivity contribution in [3.05, 3.63) is 47.4 Å². The van der Waals surface area contributed by atoms with Crippen molar-refractivity contribution in [2.24, 2.45) is 0 Å². The number of nitrogens with one attached hydrogen (secondary N) is 2. The number of thiocarbonyl (C=S) groups is 1. The molecule has 0 unspecified atom stereocenters. The van der Waals surface area contributed by atoms with Gasteiger partial charge in [0.15, 0.2) is 5.11 Å². The molecule has 1 aromatic rings. The summed E-state index contributed by atoms with van der Waals surface area (Å²) in [6, 6.07) is 9.49. The van der Waals surface area contributed by atoms with Gasteiger partial charge < -0.3 is 20.1 Å². The van der Waals surface area contributed by atoms with Crippen LogP contribution in [0.4, 0.5) is 0 Å². The Kier molecular flexibility index (Phi) is 4.35. The maximum absolute atomic E-state index is 12.0. The van der Waals surface area contributed by atoms with E-state index in [0.717, 1.165) is 5.56 Å². The van der Waals surface area contributed by atoms with Gasteiger partial charge in [-0.1, -0.05) is 30.3 Å². The van der Waals surface area contributed by atoms with Crippen molar-refractivity contribution in [3.8, 4) is 0 Å². The number of hydrogen-bond acceptors (Lipinski definition) is 4. The second-order valence-electron chi connectivity index (χ2n) is 3.88. The monoisotopic (exact) mass is 278 g/mol. The summed E-state index contributed by atoms with van der Waals surface area (Å²) in [6.07, 6.45) is 0. The maximum Gasteiger partial charge on any atom is 0.341 e. The van der Waals surface area contributed by atoms with Crippen LogP contribution >= 0.6 is 12.2 Å². The van der Waals surface area contributed by atoms with E-state index in [-0.39, 0.29) is 6.61 Å². The van der Waals surface area contributed by atoms with Crippen LogP contribution in [0.3, 0.4) is 0 Å². The fraction of sp³-hybridized carbons (Fsp3) is 0.231. The minimum Gasteiger partial charge on any atom is -0.482 e. The van der Waals surface area contributed by atoms with Gasteiger partial charge in [0, 0.05) is 0 Å². The molecular formula is C13H14N2O3S. The molecule has 1 heterocycles. The average Bonchev–Trinajstić information content (AvgIpc) is 2.45. The summed E-state index contributed by atoms with van der Waals surface area (Å²) < 4.78 is 10.3. The van der Waals surface area contributed by atoms with E-state index in [1.807, 2.05) is 30.3 Å². The van der Waals surface area contributed by atoms with Crippen molar-refractivity contribution in [2.75, 3.05) is 13.7 Å². The molecule has 5 nitrogen and oxygen atoms in total.